The number of hydrogen-bond donors (Lipinski definition) is 3. The van der Waals surface area contributed by atoms with E-state index in [1.165, 1.54) is 20.1 Å². The van der Waals surface area contributed by atoms with E-state index in [4.69, 9.17) is 10.8 Å². The van der Waals surface area contributed by atoms with Crippen molar-refractivity contribution in [2.45, 2.75) is 13.0 Å². The van der Waals surface area contributed by atoms with Crippen molar-refractivity contribution in [1.82, 2.24) is 0 Å². The predicted octanol–water partition coefficient (Wildman–Crippen LogP) is 0.933. The molecule has 1 rings (SSSR count). The summed E-state index contributed by atoms with van der Waals surface area (Å²) in [5.74, 6) is -3.07. The molecule has 4 N–H and O–H groups in total. The van der Waals surface area contributed by atoms with Gasteiger partial charge < -0.3 is 20.7 Å². The summed E-state index contributed by atoms with van der Waals surface area (Å²) >= 11 is 0. The number of nitrogens with two attached hydrogens (primary N) is 1. The van der Waals surface area contributed by atoms with Crippen molar-refractivity contribution in [2.24, 2.45) is 5.73 Å². The lowest BCUT2D eigenvalue weighted by Crippen LogP contribution is -2.22. The minimum absolute atomic E-state index is 0.223. The van der Waals surface area contributed by atoms with Gasteiger partial charge in [0.2, 0.25) is 0 Å². The highest BCUT2D eigenvalue weighted by Gasteiger charge is 2.24. The summed E-state index contributed by atoms with van der Waals surface area (Å²) in [6.07, 6.45) is 0. The number of rotatable bonds is 3. The van der Waals surface area contributed by atoms with E-state index in [9.17, 15) is 14.3 Å². The van der Waals surface area contributed by atoms with Crippen LogP contribution in [0.3, 0.4) is 0 Å². The van der Waals surface area contributed by atoms with Crippen molar-refractivity contribution in [2.75, 3.05) is 7.11 Å². The SMILES string of the molecule is COc1c(O)c(C)cc(C(N)C(=O)O)c1F. The second-order valence-corrected chi connectivity index (χ2v) is 3.29. The number of aryl methyl sites for hydroxylation is 1. The van der Waals surface area contributed by atoms with Gasteiger partial charge in [0.1, 0.15) is 6.04 Å². The van der Waals surface area contributed by atoms with E-state index in [2.05, 4.69) is 4.74 Å². The number of aliphatic carboxylic acids is 1. The van der Waals surface area contributed by atoms with Gasteiger partial charge in [-0.1, -0.05) is 0 Å². The smallest absolute Gasteiger partial charge is 0.325 e. The van der Waals surface area contributed by atoms with E-state index in [0.29, 0.717) is 5.56 Å². The molecule has 0 radical (unpaired) electrons. The van der Waals surface area contributed by atoms with Crippen molar-refractivity contribution in [1.29, 1.82) is 0 Å². The zero-order chi connectivity index (χ0) is 12.5. The van der Waals surface area contributed by atoms with Gasteiger partial charge >= 0.3 is 5.97 Å². The van der Waals surface area contributed by atoms with E-state index < -0.39 is 23.6 Å². The number of hydrogen-bond acceptors (Lipinski definition) is 4. The highest BCUT2D eigenvalue weighted by Crippen LogP contribution is 2.36. The molecule has 0 saturated heterocycles. The summed E-state index contributed by atoms with van der Waals surface area (Å²) < 4.78 is 18.3. The lowest BCUT2D eigenvalue weighted by Gasteiger charge is -2.14. The number of carboxylic acids is 1. The fourth-order valence-corrected chi connectivity index (χ4v) is 1.32. The Hall–Kier alpha value is -1.82. The molecule has 0 aromatic heterocycles. The molecule has 6 heteroatoms. The average molecular weight is 229 g/mol. The Morgan fingerprint density at radius 2 is 2.19 bits per heavy atom. The third-order valence-corrected chi connectivity index (χ3v) is 2.22. The summed E-state index contributed by atoms with van der Waals surface area (Å²) in [7, 11) is 1.17. The Labute approximate surface area is 91.3 Å². The molecule has 0 fully saturated rings. The molecule has 0 aliphatic carbocycles. The lowest BCUT2D eigenvalue weighted by atomic mass is 10.0. The van der Waals surface area contributed by atoms with E-state index in [1.54, 1.807) is 0 Å². The third kappa shape index (κ3) is 1.92. The number of carbonyl (C=O) groups is 1. The van der Waals surface area contributed by atoms with E-state index >= 15 is 0 Å². The molecule has 5 nitrogen and oxygen atoms in total. The normalized spacial score (nSPS) is 12.2. The van der Waals surface area contributed by atoms with Crippen molar-refractivity contribution in [3.8, 4) is 11.5 Å². The maximum absolute atomic E-state index is 13.7. The number of benzene rings is 1. The number of aromatic hydroxyl groups is 1. The van der Waals surface area contributed by atoms with Crippen molar-refractivity contribution in [3.05, 3.63) is 23.0 Å². The Morgan fingerprint density at radius 1 is 1.62 bits per heavy atom. The lowest BCUT2D eigenvalue weighted by molar-refractivity contribution is -0.138. The number of phenolic OH excluding ortho intramolecular Hbond substituents is 1. The number of ether oxygens (including phenoxy) is 1. The van der Waals surface area contributed by atoms with Crippen LogP contribution < -0.4 is 10.5 Å². The molecule has 0 amide bonds. The fourth-order valence-electron chi connectivity index (χ4n) is 1.32. The van der Waals surface area contributed by atoms with Gasteiger partial charge in [-0.2, -0.15) is 0 Å². The number of methoxy groups -OCH3 is 1. The van der Waals surface area contributed by atoms with Gasteiger partial charge in [-0.25, -0.2) is 4.39 Å². The fraction of sp³-hybridized carbons (Fsp3) is 0.300. The van der Waals surface area contributed by atoms with Gasteiger partial charge in [0.15, 0.2) is 17.3 Å². The molecule has 1 aromatic rings. The van der Waals surface area contributed by atoms with Crippen LogP contribution in [0.1, 0.15) is 17.2 Å². The molecule has 1 unspecified atom stereocenters. The first-order chi connectivity index (χ1) is 7.40. The molecule has 0 spiro atoms. The molecular formula is C10H12FNO4. The standard InChI is InChI=1S/C10H12FNO4/c1-4-3-5(7(12)10(14)15)6(11)9(16-2)8(4)13/h3,7,13H,12H2,1-2H3,(H,14,15). The van der Waals surface area contributed by atoms with Crippen molar-refractivity contribution < 1.29 is 24.1 Å². The van der Waals surface area contributed by atoms with Crippen LogP contribution in [0.15, 0.2) is 6.07 Å². The molecule has 16 heavy (non-hydrogen) atoms. The highest BCUT2D eigenvalue weighted by molar-refractivity contribution is 5.76. The number of carboxylic acid groups (broad SMARTS) is 1. The maximum atomic E-state index is 13.7. The first kappa shape index (κ1) is 12.3. The maximum Gasteiger partial charge on any atom is 0.325 e. The van der Waals surface area contributed by atoms with Gasteiger partial charge in [-0.15, -0.1) is 0 Å². The van der Waals surface area contributed by atoms with Gasteiger partial charge in [-0.05, 0) is 18.6 Å². The van der Waals surface area contributed by atoms with Crippen LogP contribution in [0.25, 0.3) is 0 Å². The van der Waals surface area contributed by atoms with Gasteiger partial charge in [0.05, 0.1) is 7.11 Å². The largest absolute Gasteiger partial charge is 0.504 e. The van der Waals surface area contributed by atoms with Crippen LogP contribution in [-0.2, 0) is 4.79 Å². The Morgan fingerprint density at radius 3 is 2.62 bits per heavy atom. The molecule has 88 valence electrons. The predicted molar refractivity (Wildman–Crippen MR) is 53.9 cm³/mol. The third-order valence-electron chi connectivity index (χ3n) is 2.22. The number of phenols is 1. The Kier molecular flexibility index (Phi) is 3.34. The van der Waals surface area contributed by atoms with E-state index in [1.807, 2.05) is 0 Å². The topological polar surface area (TPSA) is 92.8 Å². The molecule has 0 aliphatic heterocycles. The quantitative estimate of drug-likeness (QED) is 0.717. The zero-order valence-electron chi connectivity index (χ0n) is 8.82. The van der Waals surface area contributed by atoms with E-state index in [-0.39, 0.29) is 11.3 Å². The summed E-state index contributed by atoms with van der Waals surface area (Å²) in [6.45, 7) is 1.50. The first-order valence-electron chi connectivity index (χ1n) is 4.44. The second-order valence-electron chi connectivity index (χ2n) is 3.29. The number of halogens is 1. The van der Waals surface area contributed by atoms with E-state index in [0.717, 1.165) is 0 Å². The van der Waals surface area contributed by atoms with Gasteiger partial charge in [0.25, 0.3) is 0 Å². The van der Waals surface area contributed by atoms with Gasteiger partial charge in [-0.3, -0.25) is 4.79 Å². The minimum Gasteiger partial charge on any atom is -0.504 e. The minimum atomic E-state index is -1.49. The molecule has 1 atom stereocenters. The van der Waals surface area contributed by atoms with Crippen molar-refractivity contribution in [3.63, 3.8) is 0 Å². The molecule has 0 bridgehead atoms. The van der Waals surface area contributed by atoms with Crippen LogP contribution >= 0.6 is 0 Å². The average Bonchev–Trinajstić information content (AvgIpc) is 2.23. The molecule has 1 aromatic carbocycles. The van der Waals surface area contributed by atoms with Crippen LogP contribution in [-0.4, -0.2) is 23.3 Å². The summed E-state index contributed by atoms with van der Waals surface area (Å²) in [4.78, 5) is 10.7. The molecule has 0 saturated carbocycles. The summed E-state index contributed by atoms with van der Waals surface area (Å²) in [5, 5.41) is 18.2. The van der Waals surface area contributed by atoms with Crippen LogP contribution in [0, 0.1) is 12.7 Å². The highest BCUT2D eigenvalue weighted by atomic mass is 19.1. The molecule has 0 aliphatic rings. The Bertz CT molecular complexity index is 433. The molecule has 0 heterocycles. The summed E-state index contributed by atoms with van der Waals surface area (Å²) in [5.41, 5.74) is 5.38. The van der Waals surface area contributed by atoms with Gasteiger partial charge in [0, 0.05) is 5.56 Å². The Balaban J connectivity index is 3.42. The monoisotopic (exact) mass is 229 g/mol. The van der Waals surface area contributed by atoms with Crippen molar-refractivity contribution >= 4 is 5.97 Å². The van der Waals surface area contributed by atoms with Crippen LogP contribution in [0.2, 0.25) is 0 Å². The molecular weight excluding hydrogens is 217 g/mol. The van der Waals surface area contributed by atoms with Crippen LogP contribution in [0.4, 0.5) is 4.39 Å². The summed E-state index contributed by atoms with van der Waals surface area (Å²) in [6, 6.07) is -0.306. The zero-order valence-corrected chi connectivity index (χ0v) is 8.82. The second kappa shape index (κ2) is 4.36. The van der Waals surface area contributed by atoms with Crippen LogP contribution in [0.5, 0.6) is 11.5 Å². The first-order valence-corrected chi connectivity index (χ1v) is 4.44.